The van der Waals surface area contributed by atoms with E-state index >= 15 is 0 Å². The first-order valence-corrected chi connectivity index (χ1v) is 8.94. The summed E-state index contributed by atoms with van der Waals surface area (Å²) in [4.78, 5) is 12.1. The number of carbonyl (C=O) groups is 1. The zero-order valence-electron chi connectivity index (χ0n) is 12.5. The lowest BCUT2D eigenvalue weighted by Crippen LogP contribution is -2.39. The number of hydrogen-bond donors (Lipinski definition) is 2. The Labute approximate surface area is 134 Å². The molecule has 2 aromatic rings. The molecule has 1 amide bonds. The van der Waals surface area contributed by atoms with Gasteiger partial charge in [0.15, 0.2) is 0 Å². The minimum atomic E-state index is -3.62. The highest BCUT2D eigenvalue weighted by atomic mass is 32.2. The van der Waals surface area contributed by atoms with Crippen LogP contribution in [-0.4, -0.2) is 20.4 Å². The van der Waals surface area contributed by atoms with Crippen molar-refractivity contribution < 1.29 is 17.6 Å². The minimum absolute atomic E-state index is 0.126. The van der Waals surface area contributed by atoms with Crippen molar-refractivity contribution in [1.29, 1.82) is 0 Å². The minimum Gasteiger partial charge on any atom is -0.472 e. The molecule has 6 nitrogen and oxygen atoms in total. The molecule has 1 aliphatic carbocycles. The topological polar surface area (TPSA) is 88.4 Å². The molecule has 1 aromatic heterocycles. The molecule has 3 rings (SSSR count). The van der Waals surface area contributed by atoms with E-state index in [9.17, 15) is 13.2 Å². The van der Waals surface area contributed by atoms with E-state index < -0.39 is 10.0 Å². The molecule has 1 aliphatic rings. The van der Waals surface area contributed by atoms with Crippen LogP contribution in [0.15, 0.2) is 52.2 Å². The van der Waals surface area contributed by atoms with Crippen LogP contribution in [0.5, 0.6) is 0 Å². The van der Waals surface area contributed by atoms with Gasteiger partial charge in [0.05, 0.1) is 17.4 Å². The first-order valence-electron chi connectivity index (χ1n) is 7.46. The van der Waals surface area contributed by atoms with Gasteiger partial charge in [-0.15, -0.1) is 0 Å². The Morgan fingerprint density at radius 1 is 1.17 bits per heavy atom. The van der Waals surface area contributed by atoms with Gasteiger partial charge in [-0.05, 0) is 49.6 Å². The van der Waals surface area contributed by atoms with Crippen LogP contribution in [0, 0.1) is 0 Å². The lowest BCUT2D eigenvalue weighted by atomic mass is 9.93. The molecule has 0 bridgehead atoms. The summed E-state index contributed by atoms with van der Waals surface area (Å²) in [5.74, 6) is -0.162. The number of carbonyl (C=O) groups excluding carboxylic acids is 1. The number of amides is 1. The smallest absolute Gasteiger partial charge is 0.251 e. The summed E-state index contributed by atoms with van der Waals surface area (Å²) in [7, 11) is -3.62. The predicted molar refractivity (Wildman–Crippen MR) is 84.3 cm³/mol. The number of hydrogen-bond acceptors (Lipinski definition) is 4. The molecule has 1 saturated carbocycles. The normalized spacial score (nSPS) is 15.1. The van der Waals surface area contributed by atoms with Gasteiger partial charge in [-0.2, -0.15) is 0 Å². The molecule has 1 aromatic carbocycles. The average Bonchev–Trinajstić information content (AvgIpc) is 3.02. The number of rotatable bonds is 6. The van der Waals surface area contributed by atoms with Gasteiger partial charge in [-0.3, -0.25) is 4.79 Å². The van der Waals surface area contributed by atoms with E-state index in [-0.39, 0.29) is 23.4 Å². The molecular weight excluding hydrogens is 316 g/mol. The van der Waals surface area contributed by atoms with Crippen LogP contribution in [0.25, 0.3) is 0 Å². The van der Waals surface area contributed by atoms with Crippen molar-refractivity contribution in [1.82, 2.24) is 10.0 Å². The van der Waals surface area contributed by atoms with E-state index in [1.807, 2.05) is 0 Å². The van der Waals surface area contributed by atoms with Gasteiger partial charge in [0.1, 0.15) is 0 Å². The molecule has 0 radical (unpaired) electrons. The molecule has 0 atom stereocenters. The molecule has 23 heavy (non-hydrogen) atoms. The second-order valence-corrected chi connectivity index (χ2v) is 7.35. The van der Waals surface area contributed by atoms with Crippen LogP contribution in [-0.2, 0) is 16.6 Å². The average molecular weight is 334 g/mol. The van der Waals surface area contributed by atoms with Crippen LogP contribution >= 0.6 is 0 Å². The summed E-state index contributed by atoms with van der Waals surface area (Å²) in [6.45, 7) is 0.156. The maximum atomic E-state index is 12.2. The van der Waals surface area contributed by atoms with E-state index in [1.54, 1.807) is 6.07 Å². The number of furan rings is 1. The Morgan fingerprint density at radius 3 is 2.48 bits per heavy atom. The highest BCUT2D eigenvalue weighted by Crippen LogP contribution is 2.19. The maximum Gasteiger partial charge on any atom is 0.251 e. The van der Waals surface area contributed by atoms with Crippen molar-refractivity contribution in [3.63, 3.8) is 0 Å². The van der Waals surface area contributed by atoms with Gasteiger partial charge < -0.3 is 9.73 Å². The van der Waals surface area contributed by atoms with Crippen LogP contribution in [0.1, 0.15) is 35.2 Å². The molecule has 2 N–H and O–H groups in total. The summed E-state index contributed by atoms with van der Waals surface area (Å²) in [6.07, 6.45) is 6.13. The summed E-state index contributed by atoms with van der Waals surface area (Å²) < 4.78 is 31.8. The highest BCUT2D eigenvalue weighted by Gasteiger charge is 2.20. The first kappa shape index (κ1) is 15.8. The SMILES string of the molecule is O=C(NC1CCC1)c1ccc(S(=O)(=O)NCc2ccoc2)cc1. The van der Waals surface area contributed by atoms with E-state index in [0.717, 1.165) is 24.8 Å². The van der Waals surface area contributed by atoms with Gasteiger partial charge in [0, 0.05) is 23.7 Å². The molecule has 0 spiro atoms. The van der Waals surface area contributed by atoms with Gasteiger partial charge in [-0.1, -0.05) is 0 Å². The Bertz CT molecular complexity index is 763. The van der Waals surface area contributed by atoms with Crippen molar-refractivity contribution in [3.05, 3.63) is 54.0 Å². The van der Waals surface area contributed by atoms with Crippen LogP contribution in [0.2, 0.25) is 0 Å². The van der Waals surface area contributed by atoms with Gasteiger partial charge in [0.2, 0.25) is 10.0 Å². The van der Waals surface area contributed by atoms with E-state index in [0.29, 0.717) is 5.56 Å². The molecule has 0 unspecified atom stereocenters. The van der Waals surface area contributed by atoms with Crippen molar-refractivity contribution in [2.45, 2.75) is 36.7 Å². The van der Waals surface area contributed by atoms with Crippen LogP contribution in [0.3, 0.4) is 0 Å². The van der Waals surface area contributed by atoms with Crippen molar-refractivity contribution in [2.75, 3.05) is 0 Å². The summed E-state index contributed by atoms with van der Waals surface area (Å²) in [5, 5.41) is 2.92. The monoisotopic (exact) mass is 334 g/mol. The predicted octanol–water partition coefficient (Wildman–Crippen LogP) is 2.04. The van der Waals surface area contributed by atoms with E-state index in [2.05, 4.69) is 10.0 Å². The third kappa shape index (κ3) is 3.80. The fourth-order valence-electron chi connectivity index (χ4n) is 2.26. The van der Waals surface area contributed by atoms with Gasteiger partial charge >= 0.3 is 0 Å². The summed E-state index contributed by atoms with van der Waals surface area (Å²) >= 11 is 0. The first-order chi connectivity index (χ1) is 11.0. The third-order valence-corrected chi connectivity index (χ3v) is 5.33. The fraction of sp³-hybridized carbons (Fsp3) is 0.312. The van der Waals surface area contributed by atoms with Gasteiger partial charge in [-0.25, -0.2) is 13.1 Å². The number of sulfonamides is 1. The second kappa shape index (κ2) is 6.55. The Kier molecular flexibility index (Phi) is 4.49. The highest BCUT2D eigenvalue weighted by molar-refractivity contribution is 7.89. The second-order valence-electron chi connectivity index (χ2n) is 5.58. The largest absolute Gasteiger partial charge is 0.472 e. The summed E-state index contributed by atoms with van der Waals surface area (Å²) in [6, 6.07) is 7.88. The lowest BCUT2D eigenvalue weighted by Gasteiger charge is -2.26. The number of benzene rings is 1. The van der Waals surface area contributed by atoms with Gasteiger partial charge in [0.25, 0.3) is 5.91 Å². The standard InChI is InChI=1S/C16H18N2O4S/c19-16(18-14-2-1-3-14)13-4-6-15(7-5-13)23(20,21)17-10-12-8-9-22-11-12/h4-9,11,14,17H,1-3,10H2,(H,18,19). The molecule has 122 valence electrons. The van der Waals surface area contributed by atoms with Crippen molar-refractivity contribution >= 4 is 15.9 Å². The quantitative estimate of drug-likeness (QED) is 0.846. The van der Waals surface area contributed by atoms with Crippen LogP contribution in [0.4, 0.5) is 0 Å². The number of nitrogens with one attached hydrogen (secondary N) is 2. The molecule has 1 heterocycles. The Hall–Kier alpha value is -2.12. The van der Waals surface area contributed by atoms with Crippen molar-refractivity contribution in [3.8, 4) is 0 Å². The Morgan fingerprint density at radius 2 is 1.91 bits per heavy atom. The Balaban J connectivity index is 1.64. The maximum absolute atomic E-state index is 12.2. The molecule has 0 aliphatic heterocycles. The lowest BCUT2D eigenvalue weighted by molar-refractivity contribution is 0.0917. The molecular formula is C16H18N2O4S. The summed E-state index contributed by atoms with van der Waals surface area (Å²) in [5.41, 5.74) is 1.20. The van der Waals surface area contributed by atoms with E-state index in [4.69, 9.17) is 4.42 Å². The molecule has 7 heteroatoms. The molecule has 1 fully saturated rings. The van der Waals surface area contributed by atoms with Crippen LogP contribution < -0.4 is 10.0 Å². The zero-order valence-corrected chi connectivity index (χ0v) is 13.3. The fourth-order valence-corrected chi connectivity index (χ4v) is 3.28. The molecule has 0 saturated heterocycles. The van der Waals surface area contributed by atoms with E-state index in [1.165, 1.54) is 36.8 Å². The van der Waals surface area contributed by atoms with Crippen molar-refractivity contribution in [2.24, 2.45) is 0 Å². The third-order valence-electron chi connectivity index (χ3n) is 3.91. The zero-order chi connectivity index (χ0) is 16.3.